The van der Waals surface area contributed by atoms with Crippen LogP contribution in [0.2, 0.25) is 0 Å². The van der Waals surface area contributed by atoms with Gasteiger partial charge in [0.15, 0.2) is 0 Å². The molecule has 0 aliphatic carbocycles. The van der Waals surface area contributed by atoms with Gasteiger partial charge in [0.05, 0.1) is 0 Å². The number of rotatable bonds is 3. The van der Waals surface area contributed by atoms with Crippen LogP contribution in [0.5, 0.6) is 0 Å². The van der Waals surface area contributed by atoms with Gasteiger partial charge in [0.2, 0.25) is 0 Å². The molecule has 0 spiro atoms. The Hall–Kier alpha value is -2.18. The minimum atomic E-state index is -0.202. The quantitative estimate of drug-likeness (QED) is 0.834. The summed E-state index contributed by atoms with van der Waals surface area (Å²) in [5, 5.41) is 2.86. The summed E-state index contributed by atoms with van der Waals surface area (Å²) in [6.45, 7) is 3.37. The number of nitrogens with zero attached hydrogens (tertiary/aromatic N) is 2. The zero-order chi connectivity index (χ0) is 18.5. The fraction of sp³-hybridized carbons (Fsp3) is 0.300. The van der Waals surface area contributed by atoms with Crippen LogP contribution in [-0.4, -0.2) is 54.8 Å². The van der Waals surface area contributed by atoms with Gasteiger partial charge in [-0.3, -0.25) is 9.59 Å². The van der Waals surface area contributed by atoms with Gasteiger partial charge >= 0.3 is 0 Å². The van der Waals surface area contributed by atoms with E-state index in [4.69, 9.17) is 0 Å². The Balaban J connectivity index is 1.71. The van der Waals surface area contributed by atoms with E-state index in [-0.39, 0.29) is 11.8 Å². The highest BCUT2D eigenvalue weighted by atomic mass is 79.9. The average molecular weight is 416 g/mol. The Kier molecular flexibility index (Phi) is 6.06. The Labute approximate surface area is 162 Å². The first-order valence-electron chi connectivity index (χ1n) is 8.68. The molecule has 0 radical (unpaired) electrons. The fourth-order valence-electron chi connectivity index (χ4n) is 3.00. The molecule has 1 N–H and O–H groups in total. The number of hydrogen-bond donors (Lipinski definition) is 1. The predicted molar refractivity (Wildman–Crippen MR) is 107 cm³/mol. The summed E-state index contributed by atoms with van der Waals surface area (Å²) in [5.41, 5.74) is 1.78. The van der Waals surface area contributed by atoms with Gasteiger partial charge in [-0.2, -0.15) is 0 Å². The first kappa shape index (κ1) is 18.6. The molecule has 2 aromatic carbocycles. The molecule has 136 valence electrons. The van der Waals surface area contributed by atoms with Crippen molar-refractivity contribution in [3.8, 4) is 0 Å². The first-order chi connectivity index (χ1) is 12.5. The van der Waals surface area contributed by atoms with Crippen molar-refractivity contribution >= 4 is 33.4 Å². The number of carbonyl (C=O) groups is 2. The number of anilines is 1. The van der Waals surface area contributed by atoms with Crippen LogP contribution in [0.15, 0.2) is 53.0 Å². The van der Waals surface area contributed by atoms with Crippen molar-refractivity contribution in [1.82, 2.24) is 9.80 Å². The standard InChI is InChI=1S/C20H22BrN3O2/c1-23-9-4-10-24(12-11-23)20(26)16-6-3-8-18(14-16)22-19(25)15-5-2-7-17(21)13-15/h2-3,5-8,13-14H,4,9-12H2,1H3,(H,22,25). The van der Waals surface area contributed by atoms with E-state index in [9.17, 15) is 9.59 Å². The number of carbonyl (C=O) groups excluding carboxylic acids is 2. The minimum Gasteiger partial charge on any atom is -0.337 e. The van der Waals surface area contributed by atoms with Gasteiger partial charge in [-0.1, -0.05) is 28.1 Å². The predicted octanol–water partition coefficient (Wildman–Crippen LogP) is 3.48. The normalized spacial score (nSPS) is 15.4. The van der Waals surface area contributed by atoms with E-state index >= 15 is 0 Å². The molecule has 5 nitrogen and oxygen atoms in total. The number of benzene rings is 2. The van der Waals surface area contributed by atoms with Crippen molar-refractivity contribution in [3.63, 3.8) is 0 Å². The van der Waals surface area contributed by atoms with Crippen LogP contribution in [0.25, 0.3) is 0 Å². The highest BCUT2D eigenvalue weighted by molar-refractivity contribution is 9.10. The summed E-state index contributed by atoms with van der Waals surface area (Å²) in [7, 11) is 2.08. The molecule has 1 aliphatic heterocycles. The van der Waals surface area contributed by atoms with Crippen LogP contribution in [-0.2, 0) is 0 Å². The molecule has 0 aromatic heterocycles. The van der Waals surface area contributed by atoms with E-state index in [1.807, 2.05) is 17.0 Å². The lowest BCUT2D eigenvalue weighted by Crippen LogP contribution is -2.34. The van der Waals surface area contributed by atoms with Crippen molar-refractivity contribution in [2.24, 2.45) is 0 Å². The number of amides is 2. The van der Waals surface area contributed by atoms with E-state index in [1.54, 1.807) is 36.4 Å². The maximum atomic E-state index is 12.8. The van der Waals surface area contributed by atoms with Gasteiger partial charge in [0.1, 0.15) is 0 Å². The second kappa shape index (κ2) is 8.47. The number of halogens is 1. The van der Waals surface area contributed by atoms with Gasteiger partial charge in [0.25, 0.3) is 11.8 Å². The molecule has 1 saturated heterocycles. The Bertz CT molecular complexity index is 809. The van der Waals surface area contributed by atoms with Gasteiger partial charge in [0, 0.05) is 40.9 Å². The van der Waals surface area contributed by atoms with Crippen LogP contribution in [0, 0.1) is 0 Å². The Morgan fingerprint density at radius 2 is 1.73 bits per heavy atom. The Morgan fingerprint density at radius 3 is 2.54 bits per heavy atom. The lowest BCUT2D eigenvalue weighted by Gasteiger charge is -2.21. The van der Waals surface area contributed by atoms with Gasteiger partial charge in [-0.25, -0.2) is 0 Å². The first-order valence-corrected chi connectivity index (χ1v) is 9.47. The number of nitrogens with one attached hydrogen (secondary N) is 1. The summed E-state index contributed by atoms with van der Waals surface area (Å²) >= 11 is 3.37. The molecular weight excluding hydrogens is 394 g/mol. The van der Waals surface area contributed by atoms with Crippen LogP contribution in [0.1, 0.15) is 27.1 Å². The lowest BCUT2D eigenvalue weighted by molar-refractivity contribution is 0.0762. The third-order valence-electron chi connectivity index (χ3n) is 4.46. The molecule has 0 saturated carbocycles. The summed E-state index contributed by atoms with van der Waals surface area (Å²) in [6.07, 6.45) is 0.974. The highest BCUT2D eigenvalue weighted by Gasteiger charge is 2.19. The molecular formula is C20H22BrN3O2. The van der Waals surface area contributed by atoms with Gasteiger partial charge in [-0.05, 0) is 56.4 Å². The molecule has 0 unspecified atom stereocenters. The molecule has 1 heterocycles. The monoisotopic (exact) mass is 415 g/mol. The van der Waals surface area contributed by atoms with Crippen molar-refractivity contribution in [3.05, 3.63) is 64.1 Å². The molecule has 2 aromatic rings. The number of likely N-dealkylation sites (N-methyl/N-ethyl adjacent to an activating group) is 1. The van der Waals surface area contributed by atoms with E-state index in [2.05, 4.69) is 33.2 Å². The fourth-order valence-corrected chi connectivity index (χ4v) is 3.39. The van der Waals surface area contributed by atoms with Crippen LogP contribution in [0.3, 0.4) is 0 Å². The third-order valence-corrected chi connectivity index (χ3v) is 4.95. The molecule has 6 heteroatoms. The van der Waals surface area contributed by atoms with Crippen LogP contribution in [0.4, 0.5) is 5.69 Å². The molecule has 1 aliphatic rings. The minimum absolute atomic E-state index is 0.0128. The highest BCUT2D eigenvalue weighted by Crippen LogP contribution is 2.17. The topological polar surface area (TPSA) is 52.6 Å². The SMILES string of the molecule is CN1CCCN(C(=O)c2cccc(NC(=O)c3cccc(Br)c3)c2)CC1. The lowest BCUT2D eigenvalue weighted by atomic mass is 10.1. The molecule has 2 amide bonds. The van der Waals surface area contributed by atoms with Crippen LogP contribution < -0.4 is 5.32 Å². The van der Waals surface area contributed by atoms with Crippen molar-refractivity contribution < 1.29 is 9.59 Å². The second-order valence-electron chi connectivity index (χ2n) is 6.49. The maximum absolute atomic E-state index is 12.8. The summed E-state index contributed by atoms with van der Waals surface area (Å²) < 4.78 is 0.847. The maximum Gasteiger partial charge on any atom is 0.255 e. The average Bonchev–Trinajstić information content (AvgIpc) is 2.86. The largest absolute Gasteiger partial charge is 0.337 e. The second-order valence-corrected chi connectivity index (χ2v) is 7.41. The van der Waals surface area contributed by atoms with Gasteiger partial charge < -0.3 is 15.1 Å². The summed E-state index contributed by atoms with van der Waals surface area (Å²) in [4.78, 5) is 29.3. The van der Waals surface area contributed by atoms with E-state index in [1.165, 1.54) is 0 Å². The van der Waals surface area contributed by atoms with Crippen molar-refractivity contribution in [2.75, 3.05) is 38.5 Å². The van der Waals surface area contributed by atoms with Crippen LogP contribution >= 0.6 is 15.9 Å². The zero-order valence-electron chi connectivity index (χ0n) is 14.7. The van der Waals surface area contributed by atoms with Crippen molar-refractivity contribution in [2.45, 2.75) is 6.42 Å². The zero-order valence-corrected chi connectivity index (χ0v) is 16.3. The van der Waals surface area contributed by atoms with E-state index in [0.717, 1.165) is 37.1 Å². The van der Waals surface area contributed by atoms with Gasteiger partial charge in [-0.15, -0.1) is 0 Å². The van der Waals surface area contributed by atoms with Crippen molar-refractivity contribution in [1.29, 1.82) is 0 Å². The molecule has 0 atom stereocenters. The summed E-state index contributed by atoms with van der Waals surface area (Å²) in [5.74, 6) is -0.189. The third kappa shape index (κ3) is 4.71. The molecule has 1 fully saturated rings. The Morgan fingerprint density at radius 1 is 0.962 bits per heavy atom. The molecule has 0 bridgehead atoms. The smallest absolute Gasteiger partial charge is 0.255 e. The van der Waals surface area contributed by atoms with E-state index < -0.39 is 0 Å². The number of hydrogen-bond acceptors (Lipinski definition) is 3. The molecule has 26 heavy (non-hydrogen) atoms. The summed E-state index contributed by atoms with van der Waals surface area (Å²) in [6, 6.07) is 14.3. The van der Waals surface area contributed by atoms with E-state index in [0.29, 0.717) is 16.8 Å². The molecule has 3 rings (SSSR count).